The van der Waals surface area contributed by atoms with Gasteiger partial charge in [0, 0.05) is 19.4 Å². The zero-order valence-corrected chi connectivity index (χ0v) is 18.8. The Kier molecular flexibility index (Phi) is 12.0. The molecule has 1 aromatic carbocycles. The van der Waals surface area contributed by atoms with E-state index in [4.69, 9.17) is 9.84 Å². The third-order valence-corrected chi connectivity index (χ3v) is 5.09. The quantitative estimate of drug-likeness (QED) is 0.453. The second-order valence-electron chi connectivity index (χ2n) is 7.42. The van der Waals surface area contributed by atoms with E-state index in [1.165, 1.54) is 6.08 Å². The van der Waals surface area contributed by atoms with Crippen LogP contribution in [0.2, 0.25) is 0 Å². The Morgan fingerprint density at radius 3 is 2.55 bits per heavy atom. The topological polar surface area (TPSA) is 78.8 Å². The van der Waals surface area contributed by atoms with Gasteiger partial charge in [-0.3, -0.25) is 4.79 Å². The minimum atomic E-state index is -1.47. The Morgan fingerprint density at radius 1 is 1.32 bits per heavy atom. The number of aliphatic hydroxyl groups excluding tert-OH is 1. The molecule has 1 aliphatic carbocycles. The molecule has 1 saturated carbocycles. The standard InChI is InChI=1S/C23H30FNO4.C2H6/c1-3-19(24)12-11-17(2)21(10-7-13-26)25-22(27)23(28)14-20(15-23)29-16-18-8-5-4-6-9-18;1-2/h3-6,8-9,11-12,20-21,26,28H,1,7,10,13-16H2,2H3,(H,25,27);1-2H3/b17-11+,19-12+;. The number of ether oxygens (including phenoxy) is 1. The van der Waals surface area contributed by atoms with Gasteiger partial charge in [-0.15, -0.1) is 0 Å². The fourth-order valence-electron chi connectivity index (χ4n) is 3.18. The van der Waals surface area contributed by atoms with Crippen LogP contribution in [0.4, 0.5) is 4.39 Å². The summed E-state index contributed by atoms with van der Waals surface area (Å²) in [5.41, 5.74) is 0.294. The lowest BCUT2D eigenvalue weighted by molar-refractivity contribution is -0.173. The van der Waals surface area contributed by atoms with Gasteiger partial charge in [-0.1, -0.05) is 62.4 Å². The number of benzene rings is 1. The minimum absolute atomic E-state index is 0.0177. The summed E-state index contributed by atoms with van der Waals surface area (Å²) in [4.78, 5) is 12.6. The summed E-state index contributed by atoms with van der Waals surface area (Å²) in [7, 11) is 0. The highest BCUT2D eigenvalue weighted by Crippen LogP contribution is 2.35. The van der Waals surface area contributed by atoms with Gasteiger partial charge in [-0.05, 0) is 37.5 Å². The monoisotopic (exact) mass is 433 g/mol. The molecular weight excluding hydrogens is 397 g/mol. The molecule has 31 heavy (non-hydrogen) atoms. The molecule has 1 fully saturated rings. The van der Waals surface area contributed by atoms with Crippen LogP contribution in [0.25, 0.3) is 0 Å². The van der Waals surface area contributed by atoms with Gasteiger partial charge < -0.3 is 20.3 Å². The van der Waals surface area contributed by atoms with Gasteiger partial charge in [0.05, 0.1) is 18.8 Å². The van der Waals surface area contributed by atoms with Crippen molar-refractivity contribution in [3.63, 3.8) is 0 Å². The lowest BCUT2D eigenvalue weighted by Crippen LogP contribution is -2.59. The normalized spacial score (nSPS) is 21.9. The number of carbonyl (C=O) groups is 1. The lowest BCUT2D eigenvalue weighted by Gasteiger charge is -2.42. The summed E-state index contributed by atoms with van der Waals surface area (Å²) >= 11 is 0. The van der Waals surface area contributed by atoms with Crippen LogP contribution in [0.3, 0.4) is 0 Å². The number of amides is 1. The molecule has 5 nitrogen and oxygen atoms in total. The molecule has 0 saturated heterocycles. The first kappa shape index (κ1) is 26.8. The van der Waals surface area contributed by atoms with Crippen molar-refractivity contribution < 1.29 is 24.1 Å². The first-order valence-electron chi connectivity index (χ1n) is 10.8. The second kappa shape index (κ2) is 13.9. The second-order valence-corrected chi connectivity index (χ2v) is 7.42. The van der Waals surface area contributed by atoms with Gasteiger partial charge in [0.1, 0.15) is 11.4 Å². The van der Waals surface area contributed by atoms with Crippen LogP contribution >= 0.6 is 0 Å². The first-order chi connectivity index (χ1) is 14.9. The smallest absolute Gasteiger partial charge is 0.252 e. The number of carbonyl (C=O) groups excluding carboxylic acids is 1. The van der Waals surface area contributed by atoms with Gasteiger partial charge in [-0.2, -0.15) is 0 Å². The largest absolute Gasteiger partial charge is 0.396 e. The first-order valence-corrected chi connectivity index (χ1v) is 10.8. The van der Waals surface area contributed by atoms with Crippen molar-refractivity contribution in [2.24, 2.45) is 0 Å². The van der Waals surface area contributed by atoms with Crippen molar-refractivity contribution in [3.8, 4) is 0 Å². The number of aliphatic hydroxyl groups is 2. The maximum absolute atomic E-state index is 13.3. The van der Waals surface area contributed by atoms with Gasteiger partial charge in [0.2, 0.25) is 0 Å². The Labute approximate surface area is 185 Å². The molecule has 3 N–H and O–H groups in total. The lowest BCUT2D eigenvalue weighted by atomic mass is 9.76. The molecule has 1 aromatic rings. The summed E-state index contributed by atoms with van der Waals surface area (Å²) in [6.07, 6.45) is 5.17. The van der Waals surface area contributed by atoms with Gasteiger partial charge in [0.25, 0.3) is 5.91 Å². The molecule has 2 rings (SSSR count). The van der Waals surface area contributed by atoms with E-state index < -0.39 is 23.4 Å². The molecule has 0 aromatic heterocycles. The molecule has 1 atom stereocenters. The van der Waals surface area contributed by atoms with Crippen LogP contribution in [0, 0.1) is 0 Å². The maximum atomic E-state index is 13.3. The van der Waals surface area contributed by atoms with E-state index in [0.717, 1.165) is 17.2 Å². The number of allylic oxidation sites excluding steroid dienone is 4. The number of hydrogen-bond acceptors (Lipinski definition) is 4. The van der Waals surface area contributed by atoms with Crippen molar-refractivity contribution >= 4 is 5.91 Å². The summed E-state index contributed by atoms with van der Waals surface area (Å²) < 4.78 is 19.0. The van der Waals surface area contributed by atoms with Crippen molar-refractivity contribution in [3.05, 3.63) is 72.1 Å². The molecule has 6 heteroatoms. The Hall–Kier alpha value is -2.28. The van der Waals surface area contributed by atoms with E-state index in [-0.39, 0.29) is 25.6 Å². The molecular formula is C25H36FNO4. The predicted molar refractivity (Wildman–Crippen MR) is 122 cm³/mol. The highest BCUT2D eigenvalue weighted by Gasteiger charge is 2.49. The number of halogens is 1. The average Bonchev–Trinajstić information content (AvgIpc) is 2.78. The maximum Gasteiger partial charge on any atom is 0.252 e. The Balaban J connectivity index is 0.00000233. The van der Waals surface area contributed by atoms with Gasteiger partial charge in [-0.25, -0.2) is 4.39 Å². The van der Waals surface area contributed by atoms with Crippen LogP contribution in [-0.2, 0) is 16.1 Å². The number of rotatable bonds is 11. The van der Waals surface area contributed by atoms with Crippen LogP contribution < -0.4 is 5.32 Å². The van der Waals surface area contributed by atoms with Gasteiger partial charge >= 0.3 is 0 Å². The van der Waals surface area contributed by atoms with E-state index in [1.807, 2.05) is 44.2 Å². The summed E-state index contributed by atoms with van der Waals surface area (Å²) in [5, 5.41) is 22.5. The highest BCUT2D eigenvalue weighted by atomic mass is 19.1. The molecule has 1 unspecified atom stereocenters. The number of nitrogens with one attached hydrogen (secondary N) is 1. The van der Waals surface area contributed by atoms with E-state index in [0.29, 0.717) is 19.4 Å². The fraction of sp³-hybridized carbons (Fsp3) is 0.480. The predicted octanol–water partition coefficient (Wildman–Crippen LogP) is 4.37. The zero-order chi connectivity index (χ0) is 23.3. The highest BCUT2D eigenvalue weighted by molar-refractivity contribution is 5.86. The number of hydrogen-bond donors (Lipinski definition) is 3. The molecule has 0 spiro atoms. The van der Waals surface area contributed by atoms with Crippen molar-refractivity contribution in [2.75, 3.05) is 6.61 Å². The summed E-state index contributed by atoms with van der Waals surface area (Å²) in [6, 6.07) is 9.31. The van der Waals surface area contributed by atoms with Crippen LogP contribution in [0.1, 0.15) is 52.0 Å². The molecule has 0 bridgehead atoms. The van der Waals surface area contributed by atoms with E-state index >= 15 is 0 Å². The molecule has 0 aliphatic heterocycles. The van der Waals surface area contributed by atoms with E-state index in [1.54, 1.807) is 13.0 Å². The van der Waals surface area contributed by atoms with Crippen molar-refractivity contribution in [1.82, 2.24) is 5.32 Å². The molecule has 172 valence electrons. The van der Waals surface area contributed by atoms with Crippen molar-refractivity contribution in [1.29, 1.82) is 0 Å². The third-order valence-electron chi connectivity index (χ3n) is 5.09. The summed E-state index contributed by atoms with van der Waals surface area (Å²) in [5.74, 6) is -0.950. The SMILES string of the molecule is C=C/C(F)=C\C=C(/C)C(CCCO)NC(=O)C1(O)CC(OCc2ccccc2)C1.CC. The van der Waals surface area contributed by atoms with Crippen LogP contribution in [-0.4, -0.2) is 40.5 Å². The fourth-order valence-corrected chi connectivity index (χ4v) is 3.18. The Bertz CT molecular complexity index is 739. The minimum Gasteiger partial charge on any atom is -0.396 e. The van der Waals surface area contributed by atoms with Crippen LogP contribution in [0.15, 0.2) is 66.5 Å². The summed E-state index contributed by atoms with van der Waals surface area (Å²) in [6.45, 7) is 9.54. The van der Waals surface area contributed by atoms with E-state index in [9.17, 15) is 14.3 Å². The molecule has 1 aliphatic rings. The molecule has 0 radical (unpaired) electrons. The third kappa shape index (κ3) is 8.77. The molecule has 1 amide bonds. The molecule has 0 heterocycles. The Morgan fingerprint density at radius 2 is 1.97 bits per heavy atom. The van der Waals surface area contributed by atoms with Gasteiger partial charge in [0.15, 0.2) is 0 Å². The van der Waals surface area contributed by atoms with Crippen molar-refractivity contribution in [2.45, 2.75) is 70.8 Å². The zero-order valence-electron chi connectivity index (χ0n) is 18.8. The van der Waals surface area contributed by atoms with E-state index in [2.05, 4.69) is 11.9 Å². The average molecular weight is 434 g/mol. The van der Waals surface area contributed by atoms with Crippen LogP contribution in [0.5, 0.6) is 0 Å².